The average Bonchev–Trinajstić information content (AvgIpc) is 2.87. The number of ether oxygens (including phenoxy) is 2. The van der Waals surface area contributed by atoms with Crippen molar-refractivity contribution in [1.29, 1.82) is 5.26 Å². The SMILES string of the molecule is N#C/C(=C/c1cccc2c1OCCCO2)C(=O)Nc1ccccc1Br. The highest BCUT2D eigenvalue weighted by Gasteiger charge is 2.16. The van der Waals surface area contributed by atoms with Crippen molar-refractivity contribution in [2.75, 3.05) is 18.5 Å². The van der Waals surface area contributed by atoms with E-state index in [2.05, 4.69) is 21.2 Å². The highest BCUT2D eigenvalue weighted by molar-refractivity contribution is 9.10. The van der Waals surface area contributed by atoms with Crippen molar-refractivity contribution in [3.8, 4) is 17.6 Å². The molecule has 25 heavy (non-hydrogen) atoms. The first kappa shape index (κ1) is 17.1. The molecule has 0 bridgehead atoms. The van der Waals surface area contributed by atoms with Crippen molar-refractivity contribution in [2.45, 2.75) is 6.42 Å². The molecule has 0 aliphatic carbocycles. The number of carbonyl (C=O) groups is 1. The lowest BCUT2D eigenvalue weighted by Gasteiger charge is -2.10. The molecule has 0 aromatic heterocycles. The molecule has 2 aromatic carbocycles. The Bertz CT molecular complexity index is 871. The van der Waals surface area contributed by atoms with Gasteiger partial charge in [-0.15, -0.1) is 0 Å². The molecule has 0 spiro atoms. The highest BCUT2D eigenvalue weighted by Crippen LogP contribution is 2.34. The average molecular weight is 399 g/mol. The normalized spacial score (nSPS) is 13.5. The third kappa shape index (κ3) is 4.01. The standard InChI is InChI=1S/C19H15BrN2O3/c20-15-6-1-2-7-16(15)22-19(23)14(12-21)11-13-5-3-8-17-18(13)25-10-4-9-24-17/h1-3,5-8,11H,4,9-10H2,(H,22,23)/b14-11-. The molecule has 5 nitrogen and oxygen atoms in total. The number of anilines is 1. The summed E-state index contributed by atoms with van der Waals surface area (Å²) in [5, 5.41) is 12.1. The molecule has 1 aliphatic heterocycles. The van der Waals surface area contributed by atoms with Crippen LogP contribution in [0.3, 0.4) is 0 Å². The first-order chi connectivity index (χ1) is 12.2. The molecule has 0 unspecified atom stereocenters. The van der Waals surface area contributed by atoms with Crippen LogP contribution in [0.5, 0.6) is 11.5 Å². The Morgan fingerprint density at radius 2 is 1.96 bits per heavy atom. The fourth-order valence-corrected chi connectivity index (χ4v) is 2.77. The Balaban J connectivity index is 1.90. The van der Waals surface area contributed by atoms with E-state index < -0.39 is 5.91 Å². The Kier molecular flexibility index (Phi) is 5.36. The molecule has 1 N–H and O–H groups in total. The van der Waals surface area contributed by atoms with E-state index in [0.29, 0.717) is 36.0 Å². The van der Waals surface area contributed by atoms with Crippen molar-refractivity contribution in [3.63, 3.8) is 0 Å². The molecule has 0 atom stereocenters. The fourth-order valence-electron chi connectivity index (χ4n) is 2.39. The van der Waals surface area contributed by atoms with E-state index in [1.54, 1.807) is 24.3 Å². The van der Waals surface area contributed by atoms with Crippen LogP contribution in [0.25, 0.3) is 6.08 Å². The van der Waals surface area contributed by atoms with Crippen LogP contribution >= 0.6 is 15.9 Å². The maximum atomic E-state index is 12.4. The number of rotatable bonds is 3. The monoisotopic (exact) mass is 398 g/mol. The molecule has 0 saturated carbocycles. The van der Waals surface area contributed by atoms with Crippen LogP contribution in [-0.4, -0.2) is 19.1 Å². The molecule has 0 saturated heterocycles. The van der Waals surface area contributed by atoms with Crippen molar-refractivity contribution in [3.05, 3.63) is 58.1 Å². The van der Waals surface area contributed by atoms with E-state index in [9.17, 15) is 10.1 Å². The van der Waals surface area contributed by atoms with Gasteiger partial charge in [-0.05, 0) is 40.2 Å². The zero-order valence-electron chi connectivity index (χ0n) is 13.3. The number of amides is 1. The molecule has 1 aliphatic rings. The van der Waals surface area contributed by atoms with E-state index in [1.165, 1.54) is 6.08 Å². The smallest absolute Gasteiger partial charge is 0.266 e. The largest absolute Gasteiger partial charge is 0.490 e. The van der Waals surface area contributed by atoms with Crippen LogP contribution in [0.2, 0.25) is 0 Å². The lowest BCUT2D eigenvalue weighted by molar-refractivity contribution is -0.112. The number of nitrogens with one attached hydrogen (secondary N) is 1. The molecule has 0 fully saturated rings. The van der Waals surface area contributed by atoms with Crippen molar-refractivity contribution in [2.24, 2.45) is 0 Å². The Morgan fingerprint density at radius 1 is 1.16 bits per heavy atom. The molecule has 6 heteroatoms. The van der Waals surface area contributed by atoms with E-state index >= 15 is 0 Å². The number of benzene rings is 2. The second-order valence-corrected chi connectivity index (χ2v) is 6.18. The van der Waals surface area contributed by atoms with Gasteiger partial charge in [0.25, 0.3) is 5.91 Å². The van der Waals surface area contributed by atoms with Gasteiger partial charge in [-0.3, -0.25) is 4.79 Å². The summed E-state index contributed by atoms with van der Waals surface area (Å²) in [5.74, 6) is 0.692. The second kappa shape index (κ2) is 7.86. The zero-order valence-corrected chi connectivity index (χ0v) is 14.9. The number of nitriles is 1. The minimum Gasteiger partial charge on any atom is -0.490 e. The van der Waals surface area contributed by atoms with Crippen molar-refractivity contribution < 1.29 is 14.3 Å². The molecule has 1 heterocycles. The summed E-state index contributed by atoms with van der Waals surface area (Å²) in [6, 6.07) is 14.6. The summed E-state index contributed by atoms with van der Waals surface area (Å²) in [5.41, 5.74) is 1.22. The van der Waals surface area contributed by atoms with Gasteiger partial charge in [0.2, 0.25) is 0 Å². The third-order valence-corrected chi connectivity index (χ3v) is 4.28. The van der Waals surface area contributed by atoms with Crippen LogP contribution in [0, 0.1) is 11.3 Å². The van der Waals surface area contributed by atoms with Crippen LogP contribution in [0.15, 0.2) is 52.5 Å². The van der Waals surface area contributed by atoms with E-state index in [4.69, 9.17) is 9.47 Å². The maximum absolute atomic E-state index is 12.4. The minimum atomic E-state index is -0.485. The fraction of sp³-hybridized carbons (Fsp3) is 0.158. The second-order valence-electron chi connectivity index (χ2n) is 5.33. The van der Waals surface area contributed by atoms with Crippen molar-refractivity contribution in [1.82, 2.24) is 0 Å². The van der Waals surface area contributed by atoms with Gasteiger partial charge >= 0.3 is 0 Å². The van der Waals surface area contributed by atoms with E-state index in [1.807, 2.05) is 24.3 Å². The molecule has 3 rings (SSSR count). The summed E-state index contributed by atoms with van der Waals surface area (Å²) >= 11 is 3.37. The Morgan fingerprint density at radius 3 is 2.76 bits per heavy atom. The minimum absolute atomic E-state index is 0.0167. The first-order valence-electron chi connectivity index (χ1n) is 7.75. The zero-order chi connectivity index (χ0) is 17.6. The Hall–Kier alpha value is -2.78. The van der Waals surface area contributed by atoms with Gasteiger partial charge in [0.1, 0.15) is 11.6 Å². The van der Waals surface area contributed by atoms with Crippen LogP contribution in [0.1, 0.15) is 12.0 Å². The third-order valence-electron chi connectivity index (χ3n) is 3.59. The lowest BCUT2D eigenvalue weighted by atomic mass is 10.1. The predicted molar refractivity (Wildman–Crippen MR) is 98.4 cm³/mol. The quantitative estimate of drug-likeness (QED) is 0.622. The van der Waals surface area contributed by atoms with Gasteiger partial charge in [-0.2, -0.15) is 5.26 Å². The van der Waals surface area contributed by atoms with Gasteiger partial charge in [0, 0.05) is 16.5 Å². The number of nitrogens with zero attached hydrogens (tertiary/aromatic N) is 1. The summed E-state index contributed by atoms with van der Waals surface area (Å²) in [7, 11) is 0. The maximum Gasteiger partial charge on any atom is 0.266 e. The van der Waals surface area contributed by atoms with Gasteiger partial charge in [-0.25, -0.2) is 0 Å². The molecule has 2 aromatic rings. The predicted octanol–water partition coefficient (Wildman–Crippen LogP) is 4.16. The van der Waals surface area contributed by atoms with Gasteiger partial charge < -0.3 is 14.8 Å². The van der Waals surface area contributed by atoms with E-state index in [0.717, 1.165) is 10.9 Å². The lowest BCUT2D eigenvalue weighted by Crippen LogP contribution is -2.13. The summed E-state index contributed by atoms with van der Waals surface area (Å²) in [4.78, 5) is 12.4. The summed E-state index contributed by atoms with van der Waals surface area (Å²) < 4.78 is 12.1. The number of hydrogen-bond acceptors (Lipinski definition) is 4. The topological polar surface area (TPSA) is 71.3 Å². The van der Waals surface area contributed by atoms with Gasteiger partial charge in [0.05, 0.1) is 18.9 Å². The van der Waals surface area contributed by atoms with Crippen LogP contribution < -0.4 is 14.8 Å². The molecule has 1 amide bonds. The number of carbonyl (C=O) groups excluding carboxylic acids is 1. The van der Waals surface area contributed by atoms with Crippen LogP contribution in [0.4, 0.5) is 5.69 Å². The molecule has 0 radical (unpaired) electrons. The van der Waals surface area contributed by atoms with Crippen molar-refractivity contribution >= 4 is 33.6 Å². The highest BCUT2D eigenvalue weighted by atomic mass is 79.9. The van der Waals surface area contributed by atoms with Gasteiger partial charge in [0.15, 0.2) is 11.5 Å². The molecule has 126 valence electrons. The number of hydrogen-bond donors (Lipinski definition) is 1. The molecular formula is C19H15BrN2O3. The van der Waals surface area contributed by atoms with Crippen LogP contribution in [-0.2, 0) is 4.79 Å². The summed E-state index contributed by atoms with van der Waals surface area (Å²) in [6.07, 6.45) is 2.30. The van der Waals surface area contributed by atoms with Gasteiger partial charge in [-0.1, -0.05) is 24.3 Å². The molecular weight excluding hydrogens is 384 g/mol. The number of halogens is 1. The Labute approximate surface area is 154 Å². The summed E-state index contributed by atoms with van der Waals surface area (Å²) in [6.45, 7) is 1.11. The first-order valence-corrected chi connectivity index (χ1v) is 8.54. The number of para-hydroxylation sites is 2. The van der Waals surface area contributed by atoms with E-state index in [-0.39, 0.29) is 5.57 Å². The number of fused-ring (bicyclic) bond motifs is 1.